The molecule has 112 valence electrons. The molecule has 0 aliphatic rings. The monoisotopic (exact) mass is 352 g/mol. The fourth-order valence-electron chi connectivity index (χ4n) is 1.77. The van der Waals surface area contributed by atoms with Gasteiger partial charge in [0.05, 0.1) is 12.8 Å². The average Bonchev–Trinajstić information content (AvgIpc) is 3.00. The molecule has 1 aromatic carbocycles. The Bertz CT molecular complexity index is 599. The first-order valence-corrected chi connectivity index (χ1v) is 7.34. The molecule has 6 heteroatoms. The van der Waals surface area contributed by atoms with Crippen molar-refractivity contribution in [3.05, 3.63) is 52.4 Å². The van der Waals surface area contributed by atoms with E-state index in [1.165, 1.54) is 0 Å². The number of amides is 1. The zero-order chi connectivity index (χ0) is 15.2. The van der Waals surface area contributed by atoms with Crippen LogP contribution in [0.1, 0.15) is 18.2 Å². The molecule has 21 heavy (non-hydrogen) atoms. The maximum atomic E-state index is 12.0. The highest BCUT2D eigenvalue weighted by Gasteiger charge is 2.15. The van der Waals surface area contributed by atoms with Crippen LogP contribution in [0.5, 0.6) is 5.75 Å². The summed E-state index contributed by atoms with van der Waals surface area (Å²) < 4.78 is 11.7. The molecule has 5 nitrogen and oxygen atoms in total. The molecule has 1 atom stereocenters. The summed E-state index contributed by atoms with van der Waals surface area (Å²) >= 11 is 3.41. The Morgan fingerprint density at radius 2 is 2.29 bits per heavy atom. The molecule has 0 fully saturated rings. The van der Waals surface area contributed by atoms with Crippen molar-refractivity contribution in [3.8, 4) is 5.75 Å². The first-order valence-electron chi connectivity index (χ1n) is 6.55. The maximum Gasteiger partial charge on any atom is 0.261 e. The molecular formula is C15H17BrN2O3. The number of rotatable bonds is 6. The van der Waals surface area contributed by atoms with Crippen LogP contribution in [-0.4, -0.2) is 12.0 Å². The van der Waals surface area contributed by atoms with Crippen LogP contribution in [0, 0.1) is 0 Å². The van der Waals surface area contributed by atoms with Gasteiger partial charge in [-0.05, 0) is 42.8 Å². The fraction of sp³-hybridized carbons (Fsp3) is 0.267. The van der Waals surface area contributed by atoms with Gasteiger partial charge in [-0.1, -0.05) is 15.9 Å². The van der Waals surface area contributed by atoms with Crippen molar-refractivity contribution in [3.63, 3.8) is 0 Å². The van der Waals surface area contributed by atoms with E-state index >= 15 is 0 Å². The van der Waals surface area contributed by atoms with E-state index in [4.69, 9.17) is 14.9 Å². The third-order valence-electron chi connectivity index (χ3n) is 2.94. The van der Waals surface area contributed by atoms with Crippen molar-refractivity contribution in [2.24, 2.45) is 5.73 Å². The van der Waals surface area contributed by atoms with E-state index in [2.05, 4.69) is 21.2 Å². The van der Waals surface area contributed by atoms with E-state index in [1.54, 1.807) is 31.4 Å². The van der Waals surface area contributed by atoms with Gasteiger partial charge in [-0.15, -0.1) is 0 Å². The van der Waals surface area contributed by atoms with Gasteiger partial charge < -0.3 is 20.2 Å². The predicted molar refractivity (Wildman–Crippen MR) is 82.7 cm³/mol. The fourth-order valence-corrected chi connectivity index (χ4v) is 2.18. The molecule has 1 unspecified atom stereocenters. The van der Waals surface area contributed by atoms with Crippen molar-refractivity contribution in [1.29, 1.82) is 0 Å². The third kappa shape index (κ3) is 4.34. The second kappa shape index (κ2) is 7.28. The molecule has 2 rings (SSSR count). The minimum Gasteiger partial charge on any atom is -0.481 e. The van der Waals surface area contributed by atoms with Gasteiger partial charge in [0, 0.05) is 11.0 Å². The summed E-state index contributed by atoms with van der Waals surface area (Å²) in [7, 11) is 0. The smallest absolute Gasteiger partial charge is 0.261 e. The molecule has 0 bridgehead atoms. The standard InChI is InChI=1S/C15H17BrN2O3/c1-10(15(19)18-9-13-3-2-6-20-13)21-12-4-5-14(16)11(7-12)8-17/h2-7,10H,8-9,17H2,1H3,(H,18,19). The van der Waals surface area contributed by atoms with Gasteiger partial charge >= 0.3 is 0 Å². The Balaban J connectivity index is 1.91. The zero-order valence-electron chi connectivity index (χ0n) is 11.6. The van der Waals surface area contributed by atoms with Crippen LogP contribution in [-0.2, 0) is 17.9 Å². The van der Waals surface area contributed by atoms with Gasteiger partial charge in [0.25, 0.3) is 5.91 Å². The Labute approximate surface area is 131 Å². The van der Waals surface area contributed by atoms with Crippen LogP contribution in [0.4, 0.5) is 0 Å². The summed E-state index contributed by atoms with van der Waals surface area (Å²) in [6.07, 6.45) is 0.962. The van der Waals surface area contributed by atoms with Crippen molar-refractivity contribution < 1.29 is 13.9 Å². The molecule has 1 heterocycles. The number of nitrogens with two attached hydrogens (primary N) is 1. The van der Waals surface area contributed by atoms with Crippen LogP contribution >= 0.6 is 15.9 Å². The SMILES string of the molecule is CC(Oc1ccc(Br)c(CN)c1)C(=O)NCc1ccco1. The lowest BCUT2D eigenvalue weighted by Crippen LogP contribution is -2.35. The van der Waals surface area contributed by atoms with Crippen molar-refractivity contribution in [2.75, 3.05) is 0 Å². The number of hydrogen-bond acceptors (Lipinski definition) is 4. The molecule has 0 radical (unpaired) electrons. The Morgan fingerprint density at radius 1 is 1.48 bits per heavy atom. The predicted octanol–water partition coefficient (Wildman–Crippen LogP) is 2.58. The van der Waals surface area contributed by atoms with Gasteiger partial charge in [0.1, 0.15) is 11.5 Å². The number of ether oxygens (including phenoxy) is 1. The molecule has 0 aliphatic heterocycles. The van der Waals surface area contributed by atoms with Crippen molar-refractivity contribution in [2.45, 2.75) is 26.1 Å². The third-order valence-corrected chi connectivity index (χ3v) is 3.71. The van der Waals surface area contributed by atoms with Crippen LogP contribution in [0.2, 0.25) is 0 Å². The van der Waals surface area contributed by atoms with Gasteiger partial charge in [-0.2, -0.15) is 0 Å². The summed E-state index contributed by atoms with van der Waals surface area (Å²) in [5.41, 5.74) is 6.56. The second-order valence-electron chi connectivity index (χ2n) is 4.51. The molecule has 0 aliphatic carbocycles. The van der Waals surface area contributed by atoms with Crippen molar-refractivity contribution in [1.82, 2.24) is 5.32 Å². The highest BCUT2D eigenvalue weighted by molar-refractivity contribution is 9.10. The molecule has 0 saturated heterocycles. The molecule has 0 spiro atoms. The van der Waals surface area contributed by atoms with Crippen LogP contribution in [0.3, 0.4) is 0 Å². The van der Waals surface area contributed by atoms with E-state index in [0.717, 1.165) is 10.0 Å². The lowest BCUT2D eigenvalue weighted by molar-refractivity contribution is -0.127. The molecule has 3 N–H and O–H groups in total. The summed E-state index contributed by atoms with van der Waals surface area (Å²) in [5, 5.41) is 2.75. The number of furan rings is 1. The van der Waals surface area contributed by atoms with Gasteiger partial charge in [0.2, 0.25) is 0 Å². The summed E-state index contributed by atoms with van der Waals surface area (Å²) in [4.78, 5) is 12.0. The normalized spacial score (nSPS) is 12.0. The number of carbonyl (C=O) groups is 1. The Morgan fingerprint density at radius 3 is 2.95 bits per heavy atom. The summed E-state index contributed by atoms with van der Waals surface area (Å²) in [6, 6.07) is 9.04. The molecular weight excluding hydrogens is 336 g/mol. The van der Waals surface area contributed by atoms with Crippen molar-refractivity contribution >= 4 is 21.8 Å². The minimum atomic E-state index is -0.605. The van der Waals surface area contributed by atoms with Crippen LogP contribution in [0.25, 0.3) is 0 Å². The average molecular weight is 353 g/mol. The first kappa shape index (κ1) is 15.6. The summed E-state index contributed by atoms with van der Waals surface area (Å²) in [6.45, 7) is 2.44. The van der Waals surface area contributed by atoms with E-state index in [9.17, 15) is 4.79 Å². The quantitative estimate of drug-likeness (QED) is 0.837. The number of hydrogen-bond donors (Lipinski definition) is 2. The first-order chi connectivity index (χ1) is 10.1. The lowest BCUT2D eigenvalue weighted by atomic mass is 10.2. The van der Waals surface area contributed by atoms with E-state index in [-0.39, 0.29) is 5.91 Å². The Kier molecular flexibility index (Phi) is 5.41. The number of halogens is 1. The molecule has 0 saturated carbocycles. The summed E-state index contributed by atoms with van der Waals surface area (Å²) in [5.74, 6) is 1.10. The number of nitrogens with one attached hydrogen (secondary N) is 1. The van der Waals surface area contributed by atoms with Gasteiger partial charge in [-0.3, -0.25) is 4.79 Å². The van der Waals surface area contributed by atoms with Crippen LogP contribution < -0.4 is 15.8 Å². The molecule has 2 aromatic rings. The van der Waals surface area contributed by atoms with Gasteiger partial charge in [0.15, 0.2) is 6.10 Å². The molecule has 1 amide bonds. The molecule has 1 aromatic heterocycles. The van der Waals surface area contributed by atoms with E-state index < -0.39 is 6.10 Å². The maximum absolute atomic E-state index is 12.0. The number of carbonyl (C=O) groups excluding carboxylic acids is 1. The van der Waals surface area contributed by atoms with Crippen LogP contribution in [0.15, 0.2) is 45.5 Å². The second-order valence-corrected chi connectivity index (χ2v) is 5.37. The largest absolute Gasteiger partial charge is 0.481 e. The van der Waals surface area contributed by atoms with E-state index in [0.29, 0.717) is 24.6 Å². The highest BCUT2D eigenvalue weighted by Crippen LogP contribution is 2.23. The number of benzene rings is 1. The lowest BCUT2D eigenvalue weighted by Gasteiger charge is -2.15. The zero-order valence-corrected chi connectivity index (χ0v) is 13.2. The van der Waals surface area contributed by atoms with E-state index in [1.807, 2.05) is 12.1 Å². The highest BCUT2D eigenvalue weighted by atomic mass is 79.9. The topological polar surface area (TPSA) is 77.5 Å². The minimum absolute atomic E-state index is 0.205. The Hall–Kier alpha value is -1.79. The van der Waals surface area contributed by atoms with Gasteiger partial charge in [-0.25, -0.2) is 0 Å².